The molecule has 0 heterocycles. The number of hydrogen-bond acceptors (Lipinski definition) is 4. The van der Waals surface area contributed by atoms with E-state index < -0.39 is 29.7 Å². The predicted molar refractivity (Wildman–Crippen MR) is 98.4 cm³/mol. The molecule has 0 aliphatic carbocycles. The number of aromatic carboxylic acids is 1. The van der Waals surface area contributed by atoms with Gasteiger partial charge < -0.3 is 19.9 Å². The Morgan fingerprint density at radius 2 is 1.83 bits per heavy atom. The highest BCUT2D eigenvalue weighted by Gasteiger charge is 2.33. The second-order valence-electron chi connectivity index (χ2n) is 5.79. The van der Waals surface area contributed by atoms with Crippen LogP contribution < -0.4 is 10.1 Å². The molecule has 2 aromatic carbocycles. The number of carbonyl (C=O) groups is 2. The van der Waals surface area contributed by atoms with Gasteiger partial charge in [0, 0.05) is 6.54 Å². The molecule has 0 bridgehead atoms. The molecule has 2 rings (SSSR count). The molecular weight excluding hydrogens is 391 g/mol. The van der Waals surface area contributed by atoms with Crippen molar-refractivity contribution >= 4 is 18.1 Å². The molecule has 0 saturated carbocycles. The first-order valence-corrected chi connectivity index (χ1v) is 8.49. The third-order valence-corrected chi connectivity index (χ3v) is 3.57. The molecule has 0 aliphatic heterocycles. The van der Waals surface area contributed by atoms with E-state index in [4.69, 9.17) is 9.84 Å². The summed E-state index contributed by atoms with van der Waals surface area (Å²) in [6, 6.07) is 12.5. The second kappa shape index (κ2) is 10.2. The summed E-state index contributed by atoms with van der Waals surface area (Å²) in [5, 5.41) is 11.5. The number of nitrogens with one attached hydrogen (secondary N) is 1. The van der Waals surface area contributed by atoms with Crippen molar-refractivity contribution in [1.29, 1.82) is 0 Å². The van der Waals surface area contributed by atoms with Crippen molar-refractivity contribution < 1.29 is 37.3 Å². The van der Waals surface area contributed by atoms with E-state index in [9.17, 15) is 22.8 Å². The highest BCUT2D eigenvalue weighted by atomic mass is 19.4. The van der Waals surface area contributed by atoms with E-state index in [-0.39, 0.29) is 13.2 Å². The van der Waals surface area contributed by atoms with E-state index in [2.05, 4.69) is 10.1 Å². The van der Waals surface area contributed by atoms with Crippen molar-refractivity contribution in [3.05, 3.63) is 71.3 Å². The molecule has 0 aliphatic rings. The monoisotopic (exact) mass is 409 g/mol. The van der Waals surface area contributed by atoms with Crippen molar-refractivity contribution in [2.45, 2.75) is 19.4 Å². The Labute approximate surface area is 164 Å². The number of hydrogen-bond donors (Lipinski definition) is 2. The zero-order chi connectivity index (χ0) is 21.3. The fraction of sp³-hybridized carbons (Fsp3) is 0.200. The molecule has 0 unspecified atom stereocenters. The Morgan fingerprint density at radius 1 is 1.10 bits per heavy atom. The molecule has 154 valence electrons. The lowest BCUT2D eigenvalue weighted by atomic mass is 10.1. The number of alkyl halides is 3. The van der Waals surface area contributed by atoms with E-state index in [1.807, 2.05) is 30.3 Å². The molecule has 0 saturated heterocycles. The van der Waals surface area contributed by atoms with Gasteiger partial charge in [0.15, 0.2) is 0 Å². The first kappa shape index (κ1) is 21.8. The Morgan fingerprint density at radius 3 is 2.48 bits per heavy atom. The Balaban J connectivity index is 1.82. The van der Waals surface area contributed by atoms with Crippen LogP contribution in [0.5, 0.6) is 5.75 Å². The molecule has 2 aromatic rings. The van der Waals surface area contributed by atoms with Gasteiger partial charge in [0.1, 0.15) is 17.9 Å². The van der Waals surface area contributed by atoms with E-state index >= 15 is 0 Å². The second-order valence-corrected chi connectivity index (χ2v) is 5.79. The van der Waals surface area contributed by atoms with Gasteiger partial charge in [0.2, 0.25) is 0 Å². The number of alkyl carbamates (subject to hydrolysis) is 1. The van der Waals surface area contributed by atoms with Crippen molar-refractivity contribution in [3.63, 3.8) is 0 Å². The summed E-state index contributed by atoms with van der Waals surface area (Å²) in [5.41, 5.74) is 0.576. The van der Waals surface area contributed by atoms with Gasteiger partial charge >= 0.3 is 18.4 Å². The minimum atomic E-state index is -5.00. The molecule has 0 aromatic heterocycles. The highest BCUT2D eigenvalue weighted by Crippen LogP contribution is 2.28. The minimum Gasteiger partial charge on any atom is -0.478 e. The summed E-state index contributed by atoms with van der Waals surface area (Å²) in [4.78, 5) is 22.6. The summed E-state index contributed by atoms with van der Waals surface area (Å²) >= 11 is 0. The van der Waals surface area contributed by atoms with Crippen LogP contribution in [0, 0.1) is 0 Å². The minimum absolute atomic E-state index is 0.139. The van der Waals surface area contributed by atoms with Crippen LogP contribution in [0.2, 0.25) is 0 Å². The number of carboxylic acid groups (broad SMARTS) is 1. The summed E-state index contributed by atoms with van der Waals surface area (Å²) < 4.78 is 46.1. The topological polar surface area (TPSA) is 84.9 Å². The lowest BCUT2D eigenvalue weighted by Gasteiger charge is -2.11. The van der Waals surface area contributed by atoms with Gasteiger partial charge in [-0.3, -0.25) is 0 Å². The van der Waals surface area contributed by atoms with Crippen molar-refractivity contribution in [3.8, 4) is 5.75 Å². The first-order chi connectivity index (χ1) is 13.7. The van der Waals surface area contributed by atoms with Gasteiger partial charge in [-0.15, -0.1) is 13.2 Å². The lowest BCUT2D eigenvalue weighted by molar-refractivity contribution is -0.274. The van der Waals surface area contributed by atoms with Gasteiger partial charge in [-0.05, 0) is 29.7 Å². The molecular formula is C20H18F3NO5. The smallest absolute Gasteiger partial charge is 0.478 e. The molecule has 9 heteroatoms. The zero-order valence-corrected chi connectivity index (χ0v) is 15.1. The van der Waals surface area contributed by atoms with E-state index in [0.717, 1.165) is 17.7 Å². The third kappa shape index (κ3) is 7.96. The van der Waals surface area contributed by atoms with E-state index in [1.165, 1.54) is 12.1 Å². The highest BCUT2D eigenvalue weighted by molar-refractivity contribution is 5.91. The largest absolute Gasteiger partial charge is 0.573 e. The molecule has 0 radical (unpaired) electrons. The van der Waals surface area contributed by atoms with Crippen molar-refractivity contribution in [2.24, 2.45) is 0 Å². The number of halogens is 3. The number of benzene rings is 2. The SMILES string of the molecule is O=C(NCCC=Cc1ccc(C(=O)O)c(OC(F)(F)F)c1)OCc1ccccc1. The van der Waals surface area contributed by atoms with Gasteiger partial charge in [-0.25, -0.2) is 9.59 Å². The quantitative estimate of drug-likeness (QED) is 0.622. The molecule has 0 spiro atoms. The van der Waals surface area contributed by atoms with E-state index in [0.29, 0.717) is 12.0 Å². The van der Waals surface area contributed by atoms with Crippen LogP contribution in [-0.2, 0) is 11.3 Å². The summed E-state index contributed by atoms with van der Waals surface area (Å²) in [5.74, 6) is -2.33. The van der Waals surface area contributed by atoms with Crippen LogP contribution in [0.25, 0.3) is 6.08 Å². The summed E-state index contributed by atoms with van der Waals surface area (Å²) in [6.45, 7) is 0.393. The fourth-order valence-electron chi connectivity index (χ4n) is 2.28. The van der Waals surface area contributed by atoms with Crippen LogP contribution in [0.3, 0.4) is 0 Å². The van der Waals surface area contributed by atoms with Crippen LogP contribution in [0.1, 0.15) is 27.9 Å². The number of carbonyl (C=O) groups excluding carboxylic acids is 1. The van der Waals surface area contributed by atoms with Crippen LogP contribution in [0.4, 0.5) is 18.0 Å². The zero-order valence-electron chi connectivity index (χ0n) is 15.1. The summed E-state index contributed by atoms with van der Waals surface area (Å²) in [6.07, 6.45) is -2.10. The Bertz CT molecular complexity index is 866. The van der Waals surface area contributed by atoms with E-state index in [1.54, 1.807) is 6.08 Å². The van der Waals surface area contributed by atoms with Crippen LogP contribution in [-0.4, -0.2) is 30.1 Å². The molecule has 6 nitrogen and oxygen atoms in total. The first-order valence-electron chi connectivity index (χ1n) is 8.49. The molecule has 29 heavy (non-hydrogen) atoms. The van der Waals surface area contributed by atoms with Crippen molar-refractivity contribution in [2.75, 3.05) is 6.54 Å². The average molecular weight is 409 g/mol. The van der Waals surface area contributed by atoms with Gasteiger partial charge in [0.25, 0.3) is 0 Å². The van der Waals surface area contributed by atoms with Gasteiger partial charge in [-0.2, -0.15) is 0 Å². The standard InChI is InChI=1S/C20H18F3NO5/c21-20(22,23)29-17-12-14(9-10-16(17)18(25)26)6-4-5-11-24-19(27)28-13-15-7-2-1-3-8-15/h1-4,6-10,12H,5,11,13H2,(H,24,27)(H,25,26). The van der Waals surface area contributed by atoms with Crippen LogP contribution in [0.15, 0.2) is 54.6 Å². The number of rotatable bonds is 8. The molecule has 0 atom stereocenters. The van der Waals surface area contributed by atoms with Crippen LogP contribution >= 0.6 is 0 Å². The van der Waals surface area contributed by atoms with Crippen molar-refractivity contribution in [1.82, 2.24) is 5.32 Å². The maximum absolute atomic E-state index is 12.4. The third-order valence-electron chi connectivity index (χ3n) is 3.57. The van der Waals surface area contributed by atoms with Gasteiger partial charge in [0.05, 0.1) is 0 Å². The summed E-state index contributed by atoms with van der Waals surface area (Å²) in [7, 11) is 0. The average Bonchev–Trinajstić information content (AvgIpc) is 2.65. The normalized spacial score (nSPS) is 11.3. The molecule has 0 fully saturated rings. The predicted octanol–water partition coefficient (Wildman–Crippen LogP) is 4.61. The number of carboxylic acids is 1. The van der Waals surface area contributed by atoms with Gasteiger partial charge in [-0.1, -0.05) is 48.6 Å². The number of ether oxygens (including phenoxy) is 2. The molecule has 1 amide bonds. The lowest BCUT2D eigenvalue weighted by Crippen LogP contribution is -2.24. The number of amides is 1. The maximum atomic E-state index is 12.4. The maximum Gasteiger partial charge on any atom is 0.573 e. The molecule has 2 N–H and O–H groups in total. The Kier molecular flexibility index (Phi) is 7.64. The Hall–Kier alpha value is -3.49. The fourth-order valence-corrected chi connectivity index (χ4v) is 2.28.